The molecule has 1 aliphatic carbocycles. The smallest absolute Gasteiger partial charge is 0.132 e. The molecule has 0 aliphatic heterocycles. The lowest BCUT2D eigenvalue weighted by atomic mass is 9.81. The minimum absolute atomic E-state index is 0.0954. The molecule has 88 valence electrons. The molecule has 0 heterocycles. The Hall–Kier alpha value is -0.370. The van der Waals surface area contributed by atoms with Crippen LogP contribution < -0.4 is 0 Å². The van der Waals surface area contributed by atoms with Crippen LogP contribution >= 0.6 is 0 Å². The first-order valence-corrected chi connectivity index (χ1v) is 6.27. The molecule has 1 N–H and O–H groups in total. The quantitative estimate of drug-likeness (QED) is 0.760. The van der Waals surface area contributed by atoms with Crippen molar-refractivity contribution in [2.45, 2.75) is 64.9 Å². The summed E-state index contributed by atoms with van der Waals surface area (Å²) in [6.45, 7) is 3.62. The van der Waals surface area contributed by atoms with Crippen molar-refractivity contribution >= 4 is 5.78 Å². The van der Waals surface area contributed by atoms with Crippen molar-refractivity contribution in [2.75, 3.05) is 0 Å². The van der Waals surface area contributed by atoms with E-state index in [1.165, 1.54) is 32.1 Å². The van der Waals surface area contributed by atoms with E-state index in [1.807, 2.05) is 0 Å². The van der Waals surface area contributed by atoms with Gasteiger partial charge in [0.1, 0.15) is 5.78 Å². The van der Waals surface area contributed by atoms with Crippen molar-refractivity contribution in [3.63, 3.8) is 0 Å². The van der Waals surface area contributed by atoms with E-state index < -0.39 is 6.10 Å². The van der Waals surface area contributed by atoms with Crippen LogP contribution in [0.2, 0.25) is 0 Å². The number of carbonyl (C=O) groups excluding carboxylic acids is 1. The van der Waals surface area contributed by atoms with Crippen LogP contribution in [0.5, 0.6) is 0 Å². The maximum atomic E-state index is 10.9. The van der Waals surface area contributed by atoms with Gasteiger partial charge in [-0.05, 0) is 25.2 Å². The Bertz CT molecular complexity index is 195. The fourth-order valence-corrected chi connectivity index (χ4v) is 2.60. The van der Waals surface area contributed by atoms with E-state index in [9.17, 15) is 9.90 Å². The third-order valence-corrected chi connectivity index (χ3v) is 3.58. The van der Waals surface area contributed by atoms with Gasteiger partial charge >= 0.3 is 0 Å². The van der Waals surface area contributed by atoms with Crippen molar-refractivity contribution in [3.8, 4) is 0 Å². The first-order valence-electron chi connectivity index (χ1n) is 6.27. The lowest BCUT2D eigenvalue weighted by molar-refractivity contribution is -0.119. The van der Waals surface area contributed by atoms with Gasteiger partial charge in [0.15, 0.2) is 0 Å². The summed E-state index contributed by atoms with van der Waals surface area (Å²) in [6.07, 6.45) is 7.70. The molecule has 0 unspecified atom stereocenters. The monoisotopic (exact) mass is 212 g/mol. The van der Waals surface area contributed by atoms with E-state index in [2.05, 4.69) is 6.92 Å². The molecule has 2 atom stereocenters. The van der Waals surface area contributed by atoms with E-state index in [0.717, 1.165) is 12.3 Å². The lowest BCUT2D eigenvalue weighted by Gasteiger charge is -2.26. The van der Waals surface area contributed by atoms with Gasteiger partial charge in [0.2, 0.25) is 0 Å². The summed E-state index contributed by atoms with van der Waals surface area (Å²) in [6, 6.07) is 0. The Morgan fingerprint density at radius 2 is 1.93 bits per heavy atom. The van der Waals surface area contributed by atoms with Crippen LogP contribution in [0.1, 0.15) is 58.8 Å². The molecule has 0 saturated heterocycles. The van der Waals surface area contributed by atoms with E-state index in [4.69, 9.17) is 0 Å². The molecule has 0 bridgehead atoms. The van der Waals surface area contributed by atoms with Crippen LogP contribution in [-0.2, 0) is 4.79 Å². The van der Waals surface area contributed by atoms with Crippen LogP contribution in [0, 0.1) is 11.8 Å². The summed E-state index contributed by atoms with van der Waals surface area (Å²) in [5, 5.41) is 9.80. The maximum absolute atomic E-state index is 10.9. The molecule has 1 rings (SSSR count). The second-order valence-corrected chi connectivity index (χ2v) is 5.19. The lowest BCUT2D eigenvalue weighted by Crippen LogP contribution is -2.23. The molecule has 0 aromatic rings. The van der Waals surface area contributed by atoms with Gasteiger partial charge in [0.25, 0.3) is 0 Å². The number of rotatable bonds is 5. The van der Waals surface area contributed by atoms with E-state index in [1.54, 1.807) is 6.92 Å². The highest BCUT2D eigenvalue weighted by molar-refractivity contribution is 5.75. The molecule has 2 nitrogen and oxygen atoms in total. The Morgan fingerprint density at radius 1 is 1.33 bits per heavy atom. The van der Waals surface area contributed by atoms with Gasteiger partial charge in [-0.1, -0.05) is 39.0 Å². The Labute approximate surface area is 93.1 Å². The van der Waals surface area contributed by atoms with Gasteiger partial charge in [0, 0.05) is 6.42 Å². The maximum Gasteiger partial charge on any atom is 0.132 e. The Morgan fingerprint density at radius 3 is 2.47 bits per heavy atom. The summed E-state index contributed by atoms with van der Waals surface area (Å²) in [5.74, 6) is 1.16. The average molecular weight is 212 g/mol. The second kappa shape index (κ2) is 6.26. The summed E-state index contributed by atoms with van der Waals surface area (Å²) in [5.41, 5.74) is 0. The number of Topliss-reactive ketones (excluding diaryl/α,β-unsaturated/α-hetero) is 1. The summed E-state index contributed by atoms with van der Waals surface area (Å²) < 4.78 is 0. The predicted octanol–water partition coefficient (Wildman–Crippen LogP) is 2.93. The van der Waals surface area contributed by atoms with Gasteiger partial charge in [-0.25, -0.2) is 0 Å². The van der Waals surface area contributed by atoms with Crippen molar-refractivity contribution < 1.29 is 9.90 Å². The molecule has 0 aromatic carbocycles. The van der Waals surface area contributed by atoms with Crippen LogP contribution in [0.3, 0.4) is 0 Å². The minimum atomic E-state index is -0.426. The highest BCUT2D eigenvalue weighted by atomic mass is 16.3. The van der Waals surface area contributed by atoms with Crippen molar-refractivity contribution in [3.05, 3.63) is 0 Å². The fourth-order valence-electron chi connectivity index (χ4n) is 2.60. The van der Waals surface area contributed by atoms with Crippen molar-refractivity contribution in [1.82, 2.24) is 0 Å². The average Bonchev–Trinajstić information content (AvgIpc) is 2.18. The number of hydrogen-bond acceptors (Lipinski definition) is 2. The number of ketones is 1. The minimum Gasteiger partial charge on any atom is -0.392 e. The zero-order valence-corrected chi connectivity index (χ0v) is 10.0. The Balaban J connectivity index is 2.26. The molecule has 0 radical (unpaired) electrons. The highest BCUT2D eigenvalue weighted by Crippen LogP contribution is 2.30. The van der Waals surface area contributed by atoms with Crippen LogP contribution in [0.25, 0.3) is 0 Å². The molecule has 0 aromatic heterocycles. The van der Waals surface area contributed by atoms with Gasteiger partial charge in [-0.3, -0.25) is 4.79 Å². The number of carbonyl (C=O) groups is 1. The number of hydrogen-bond donors (Lipinski definition) is 1. The van der Waals surface area contributed by atoms with Crippen LogP contribution in [-0.4, -0.2) is 17.0 Å². The normalized spacial score (nSPS) is 22.3. The zero-order valence-electron chi connectivity index (χ0n) is 10.0. The second-order valence-electron chi connectivity index (χ2n) is 5.19. The number of aliphatic hydroxyl groups is 1. The molecule has 0 amide bonds. The molecule has 2 heteroatoms. The number of aliphatic hydroxyl groups excluding tert-OH is 1. The van der Waals surface area contributed by atoms with Gasteiger partial charge in [-0.2, -0.15) is 0 Å². The molecular formula is C13H24O2. The third-order valence-electron chi connectivity index (χ3n) is 3.58. The third kappa shape index (κ3) is 4.78. The molecule has 0 spiro atoms. The molecule has 1 saturated carbocycles. The fraction of sp³-hybridized carbons (Fsp3) is 0.923. The SMILES string of the molecule is CC(=O)C[C@H](O)[C@@H](C)CC1CCCCC1. The summed E-state index contributed by atoms with van der Waals surface area (Å²) in [7, 11) is 0. The first-order chi connectivity index (χ1) is 7.09. The van der Waals surface area contributed by atoms with Crippen molar-refractivity contribution in [1.29, 1.82) is 0 Å². The van der Waals surface area contributed by atoms with Crippen LogP contribution in [0.4, 0.5) is 0 Å². The summed E-state index contributed by atoms with van der Waals surface area (Å²) in [4.78, 5) is 10.9. The van der Waals surface area contributed by atoms with Crippen molar-refractivity contribution in [2.24, 2.45) is 11.8 Å². The molecular weight excluding hydrogens is 188 g/mol. The first kappa shape index (κ1) is 12.7. The zero-order chi connectivity index (χ0) is 11.3. The Kier molecular flexibility index (Phi) is 5.30. The van der Waals surface area contributed by atoms with E-state index >= 15 is 0 Å². The molecule has 1 aliphatic rings. The largest absolute Gasteiger partial charge is 0.392 e. The molecule has 1 fully saturated rings. The van der Waals surface area contributed by atoms with E-state index in [0.29, 0.717) is 6.42 Å². The topological polar surface area (TPSA) is 37.3 Å². The van der Waals surface area contributed by atoms with Crippen LogP contribution in [0.15, 0.2) is 0 Å². The van der Waals surface area contributed by atoms with Gasteiger partial charge in [-0.15, -0.1) is 0 Å². The van der Waals surface area contributed by atoms with E-state index in [-0.39, 0.29) is 11.7 Å². The summed E-state index contributed by atoms with van der Waals surface area (Å²) >= 11 is 0. The predicted molar refractivity (Wildman–Crippen MR) is 61.7 cm³/mol. The molecule has 15 heavy (non-hydrogen) atoms. The van der Waals surface area contributed by atoms with Gasteiger partial charge in [0.05, 0.1) is 6.10 Å². The highest BCUT2D eigenvalue weighted by Gasteiger charge is 2.21. The standard InChI is InChI=1S/C13H24O2/c1-10(13(15)9-11(2)14)8-12-6-4-3-5-7-12/h10,12-13,15H,3-9H2,1-2H3/t10-,13-/m0/s1. The van der Waals surface area contributed by atoms with Gasteiger partial charge < -0.3 is 5.11 Å².